The van der Waals surface area contributed by atoms with Crippen LogP contribution in [0.3, 0.4) is 0 Å². The molecule has 0 bridgehead atoms. The quantitative estimate of drug-likeness (QED) is 0.854. The Morgan fingerprint density at radius 3 is 2.95 bits per heavy atom. The van der Waals surface area contributed by atoms with E-state index in [-0.39, 0.29) is 11.7 Å². The Hall–Kier alpha value is -1.62. The van der Waals surface area contributed by atoms with Crippen molar-refractivity contribution < 1.29 is 14.3 Å². The summed E-state index contributed by atoms with van der Waals surface area (Å²) in [5.74, 6) is 1.62. The Morgan fingerprint density at radius 2 is 2.23 bits per heavy atom. The summed E-state index contributed by atoms with van der Waals surface area (Å²) in [5.41, 5.74) is -0.184. The van der Waals surface area contributed by atoms with Gasteiger partial charge in [0, 0.05) is 31.5 Å². The SMILES string of the molecule is O=C(CC1CC1)N1CC2(C[C@@H](Oc3ccccn3)CCO2)C1. The van der Waals surface area contributed by atoms with Crippen molar-refractivity contribution in [3.63, 3.8) is 0 Å². The van der Waals surface area contributed by atoms with Crippen molar-refractivity contribution in [3.05, 3.63) is 24.4 Å². The molecular weight excluding hydrogens is 280 g/mol. The molecule has 5 nitrogen and oxygen atoms in total. The number of carbonyl (C=O) groups excluding carboxylic acids is 1. The molecule has 22 heavy (non-hydrogen) atoms. The fourth-order valence-corrected chi connectivity index (χ4v) is 3.42. The Morgan fingerprint density at radius 1 is 1.36 bits per heavy atom. The minimum atomic E-state index is -0.184. The molecule has 1 aromatic heterocycles. The summed E-state index contributed by atoms with van der Waals surface area (Å²) in [5, 5.41) is 0. The summed E-state index contributed by atoms with van der Waals surface area (Å²) >= 11 is 0. The van der Waals surface area contributed by atoms with E-state index in [9.17, 15) is 4.79 Å². The highest BCUT2D eigenvalue weighted by molar-refractivity contribution is 5.78. The maximum atomic E-state index is 12.1. The van der Waals surface area contributed by atoms with Crippen molar-refractivity contribution in [1.29, 1.82) is 0 Å². The van der Waals surface area contributed by atoms with E-state index < -0.39 is 0 Å². The van der Waals surface area contributed by atoms with Crippen LogP contribution in [0.5, 0.6) is 5.88 Å². The number of rotatable bonds is 4. The van der Waals surface area contributed by atoms with Crippen LogP contribution in [-0.2, 0) is 9.53 Å². The predicted molar refractivity (Wildman–Crippen MR) is 80.5 cm³/mol. The standard InChI is InChI=1S/C17H22N2O3/c20-16(9-13-4-5-13)19-11-17(12-19)10-14(6-8-21-17)22-15-3-1-2-7-18-15/h1-3,7,13-14H,4-6,8-12H2/t14-/m0/s1. The average molecular weight is 302 g/mol. The molecule has 2 aliphatic heterocycles. The second-order valence-corrected chi connectivity index (χ2v) is 6.83. The van der Waals surface area contributed by atoms with Gasteiger partial charge in [-0.3, -0.25) is 4.79 Å². The number of hydrogen-bond acceptors (Lipinski definition) is 4. The van der Waals surface area contributed by atoms with Crippen LogP contribution in [0.1, 0.15) is 32.1 Å². The summed E-state index contributed by atoms with van der Waals surface area (Å²) < 4.78 is 11.9. The third kappa shape index (κ3) is 2.95. The lowest BCUT2D eigenvalue weighted by Crippen LogP contribution is -2.67. The lowest BCUT2D eigenvalue weighted by molar-refractivity contribution is -0.193. The van der Waals surface area contributed by atoms with E-state index in [0.29, 0.717) is 24.3 Å². The molecule has 1 atom stereocenters. The summed E-state index contributed by atoms with van der Waals surface area (Å²) in [4.78, 5) is 18.3. The van der Waals surface area contributed by atoms with Gasteiger partial charge in [-0.1, -0.05) is 6.07 Å². The number of pyridine rings is 1. The van der Waals surface area contributed by atoms with E-state index in [1.165, 1.54) is 12.8 Å². The van der Waals surface area contributed by atoms with E-state index >= 15 is 0 Å². The third-order valence-corrected chi connectivity index (χ3v) is 4.84. The van der Waals surface area contributed by atoms with E-state index in [0.717, 1.165) is 32.4 Å². The molecule has 3 aliphatic rings. The molecular formula is C17H22N2O3. The largest absolute Gasteiger partial charge is 0.474 e. The number of likely N-dealkylation sites (tertiary alicyclic amines) is 1. The Kier molecular flexibility index (Phi) is 3.53. The van der Waals surface area contributed by atoms with Gasteiger partial charge in [0.25, 0.3) is 0 Å². The fourth-order valence-electron chi connectivity index (χ4n) is 3.42. The summed E-state index contributed by atoms with van der Waals surface area (Å²) in [6, 6.07) is 5.70. The molecule has 5 heteroatoms. The molecule has 4 rings (SSSR count). The molecule has 118 valence electrons. The lowest BCUT2D eigenvalue weighted by atomic mass is 9.84. The molecule has 3 heterocycles. The first-order chi connectivity index (χ1) is 10.7. The first-order valence-corrected chi connectivity index (χ1v) is 8.22. The van der Waals surface area contributed by atoms with Crippen LogP contribution in [0.4, 0.5) is 0 Å². The minimum Gasteiger partial charge on any atom is -0.474 e. The van der Waals surface area contributed by atoms with Crippen molar-refractivity contribution in [3.8, 4) is 5.88 Å². The zero-order valence-electron chi connectivity index (χ0n) is 12.7. The summed E-state index contributed by atoms with van der Waals surface area (Å²) in [6.45, 7) is 2.14. The molecule has 0 N–H and O–H groups in total. The van der Waals surface area contributed by atoms with E-state index in [1.54, 1.807) is 6.20 Å². The maximum Gasteiger partial charge on any atom is 0.223 e. The van der Waals surface area contributed by atoms with Crippen LogP contribution in [-0.4, -0.2) is 47.2 Å². The first kappa shape index (κ1) is 14.0. The van der Waals surface area contributed by atoms with Crippen molar-refractivity contribution >= 4 is 5.91 Å². The highest BCUT2D eigenvalue weighted by atomic mass is 16.5. The Balaban J connectivity index is 1.31. The zero-order valence-corrected chi connectivity index (χ0v) is 12.7. The van der Waals surface area contributed by atoms with Crippen LogP contribution in [0.25, 0.3) is 0 Å². The highest BCUT2D eigenvalue weighted by Crippen LogP contribution is 2.38. The van der Waals surface area contributed by atoms with Crippen LogP contribution >= 0.6 is 0 Å². The monoisotopic (exact) mass is 302 g/mol. The highest BCUT2D eigenvalue weighted by Gasteiger charge is 2.50. The van der Waals surface area contributed by atoms with Crippen molar-refractivity contribution in [2.24, 2.45) is 5.92 Å². The van der Waals surface area contributed by atoms with Gasteiger partial charge in [0.2, 0.25) is 11.8 Å². The van der Waals surface area contributed by atoms with Crippen molar-refractivity contribution in [1.82, 2.24) is 9.88 Å². The molecule has 0 unspecified atom stereocenters. The van der Waals surface area contributed by atoms with E-state index in [2.05, 4.69) is 4.98 Å². The molecule has 1 aromatic rings. The number of amides is 1. The zero-order chi connectivity index (χ0) is 15.0. The van der Waals surface area contributed by atoms with Gasteiger partial charge in [-0.05, 0) is 24.8 Å². The maximum absolute atomic E-state index is 12.1. The van der Waals surface area contributed by atoms with Gasteiger partial charge in [0.05, 0.1) is 19.7 Å². The van der Waals surface area contributed by atoms with Gasteiger partial charge < -0.3 is 14.4 Å². The second-order valence-electron chi connectivity index (χ2n) is 6.83. The fraction of sp³-hybridized carbons (Fsp3) is 0.647. The number of carbonyl (C=O) groups is 1. The number of hydrogen-bond donors (Lipinski definition) is 0. The minimum absolute atomic E-state index is 0.129. The molecule has 1 spiro atoms. The molecule has 3 fully saturated rings. The average Bonchev–Trinajstić information content (AvgIpc) is 3.30. The molecule has 0 radical (unpaired) electrons. The van der Waals surface area contributed by atoms with Gasteiger partial charge in [-0.25, -0.2) is 4.98 Å². The van der Waals surface area contributed by atoms with E-state index in [1.807, 2.05) is 23.1 Å². The van der Waals surface area contributed by atoms with Crippen LogP contribution in [0, 0.1) is 5.92 Å². The van der Waals surface area contributed by atoms with Gasteiger partial charge in [-0.2, -0.15) is 0 Å². The number of ether oxygens (including phenoxy) is 2. The lowest BCUT2D eigenvalue weighted by Gasteiger charge is -2.52. The van der Waals surface area contributed by atoms with Crippen LogP contribution in [0.15, 0.2) is 24.4 Å². The van der Waals surface area contributed by atoms with Crippen molar-refractivity contribution in [2.75, 3.05) is 19.7 Å². The molecule has 1 amide bonds. The van der Waals surface area contributed by atoms with Gasteiger partial charge >= 0.3 is 0 Å². The van der Waals surface area contributed by atoms with Crippen LogP contribution in [0.2, 0.25) is 0 Å². The number of aromatic nitrogens is 1. The molecule has 1 aliphatic carbocycles. The Labute approximate surface area is 130 Å². The van der Waals surface area contributed by atoms with Gasteiger partial charge in [-0.15, -0.1) is 0 Å². The summed E-state index contributed by atoms with van der Waals surface area (Å²) in [7, 11) is 0. The smallest absolute Gasteiger partial charge is 0.223 e. The third-order valence-electron chi connectivity index (χ3n) is 4.84. The van der Waals surface area contributed by atoms with Gasteiger partial charge in [0.1, 0.15) is 11.7 Å². The summed E-state index contributed by atoms with van der Waals surface area (Å²) in [6.07, 6.45) is 6.77. The molecule has 1 saturated carbocycles. The topological polar surface area (TPSA) is 51.7 Å². The normalized spacial score (nSPS) is 26.5. The predicted octanol–water partition coefficient (Wildman–Crippen LogP) is 2.02. The van der Waals surface area contributed by atoms with Crippen LogP contribution < -0.4 is 4.74 Å². The molecule has 0 aromatic carbocycles. The second kappa shape index (κ2) is 5.54. The Bertz CT molecular complexity index is 538. The van der Waals surface area contributed by atoms with Crippen molar-refractivity contribution in [2.45, 2.75) is 43.8 Å². The van der Waals surface area contributed by atoms with Gasteiger partial charge in [0.15, 0.2) is 0 Å². The first-order valence-electron chi connectivity index (χ1n) is 8.22. The molecule has 2 saturated heterocycles. The van der Waals surface area contributed by atoms with E-state index in [4.69, 9.17) is 9.47 Å². The number of nitrogens with zero attached hydrogens (tertiary/aromatic N) is 2.